The monoisotopic (exact) mass is 401 g/mol. The van der Waals surface area contributed by atoms with Crippen molar-refractivity contribution in [2.75, 3.05) is 46.8 Å². The van der Waals surface area contributed by atoms with Crippen LogP contribution in [0.15, 0.2) is 0 Å². The normalized spacial score (nSPS) is 31.4. The second-order valence-corrected chi connectivity index (χ2v) is 7.69. The van der Waals surface area contributed by atoms with Crippen LogP contribution < -0.4 is 5.32 Å². The number of amides is 1. The first-order chi connectivity index (χ1) is 12.2. The first-order valence-corrected chi connectivity index (χ1v) is 10.1. The second-order valence-electron chi connectivity index (χ2n) is 5.83. The van der Waals surface area contributed by atoms with Crippen LogP contribution >= 0.6 is 7.60 Å². The average Bonchev–Trinajstić information content (AvgIpc) is 2.53. The lowest BCUT2D eigenvalue weighted by Crippen LogP contribution is -2.64. The van der Waals surface area contributed by atoms with Crippen molar-refractivity contribution < 1.29 is 47.9 Å². The number of nitrogens with one attached hydrogen (secondary N) is 1. The summed E-state index contributed by atoms with van der Waals surface area (Å²) in [4.78, 5) is 20.3. The maximum Gasteiger partial charge on any atom is 0.325 e. The van der Waals surface area contributed by atoms with Crippen molar-refractivity contribution >= 4 is 13.5 Å². The van der Waals surface area contributed by atoms with Gasteiger partial charge in [-0.2, -0.15) is 0 Å². The summed E-state index contributed by atoms with van der Waals surface area (Å²) in [5, 5.41) is 23.0. The van der Waals surface area contributed by atoms with E-state index in [9.17, 15) is 19.6 Å². The molecule has 1 aliphatic rings. The van der Waals surface area contributed by atoms with Crippen molar-refractivity contribution in [1.29, 1.82) is 0 Å². The zero-order valence-corrected chi connectivity index (χ0v) is 16.0. The molecule has 0 aromatic carbocycles. The summed E-state index contributed by atoms with van der Waals surface area (Å²) >= 11 is 0. The molecule has 0 aliphatic carbocycles. The van der Waals surface area contributed by atoms with E-state index in [1.807, 2.05) is 0 Å². The lowest BCUT2D eigenvalue weighted by molar-refractivity contribution is -0.274. The van der Waals surface area contributed by atoms with Crippen molar-refractivity contribution in [2.24, 2.45) is 0 Å². The molecular weight excluding hydrogens is 373 g/mol. The highest BCUT2D eigenvalue weighted by Gasteiger charge is 2.45. The molecule has 0 saturated carbocycles. The third-order valence-electron chi connectivity index (χ3n) is 3.48. The molecule has 154 valence electrons. The Kier molecular flexibility index (Phi) is 10.2. The Morgan fingerprint density at radius 3 is 2.46 bits per heavy atom. The van der Waals surface area contributed by atoms with Gasteiger partial charge in [0.25, 0.3) is 0 Å². The Morgan fingerprint density at radius 1 is 1.19 bits per heavy atom. The molecule has 1 fully saturated rings. The van der Waals surface area contributed by atoms with E-state index in [4.69, 9.17) is 23.8 Å². The molecule has 1 amide bonds. The number of ether oxygens (including phenoxy) is 4. The van der Waals surface area contributed by atoms with Crippen LogP contribution in [0.5, 0.6) is 0 Å². The van der Waals surface area contributed by atoms with Gasteiger partial charge < -0.3 is 43.9 Å². The summed E-state index contributed by atoms with van der Waals surface area (Å²) in [6.07, 6.45) is -4.60. The van der Waals surface area contributed by atoms with Gasteiger partial charge in [-0.05, 0) is 0 Å². The summed E-state index contributed by atoms with van der Waals surface area (Å²) in [5.41, 5.74) is 0. The highest BCUT2D eigenvalue weighted by atomic mass is 31.2. The smallest absolute Gasteiger partial charge is 0.325 e. The van der Waals surface area contributed by atoms with Crippen molar-refractivity contribution in [3.63, 3.8) is 0 Å². The fraction of sp³-hybridized carbons (Fsp3) is 0.929. The van der Waals surface area contributed by atoms with Gasteiger partial charge in [0, 0.05) is 20.7 Å². The maximum absolute atomic E-state index is 11.3. The summed E-state index contributed by atoms with van der Waals surface area (Å²) in [5.74, 6) is -0.412. The lowest BCUT2D eigenvalue weighted by Gasteiger charge is -2.42. The van der Waals surface area contributed by atoms with Crippen LogP contribution in [0.4, 0.5) is 0 Å². The summed E-state index contributed by atoms with van der Waals surface area (Å²) in [7, 11) is -2.08. The highest BCUT2D eigenvalue weighted by Crippen LogP contribution is 2.35. The molecule has 0 bridgehead atoms. The van der Waals surface area contributed by atoms with Gasteiger partial charge in [0.05, 0.1) is 33.0 Å². The number of aliphatic hydroxyl groups excluding tert-OH is 2. The van der Waals surface area contributed by atoms with Gasteiger partial charge in [-0.25, -0.2) is 0 Å². The van der Waals surface area contributed by atoms with Crippen LogP contribution in [0.25, 0.3) is 0 Å². The minimum Gasteiger partial charge on any atom is -0.388 e. The maximum atomic E-state index is 11.3. The van der Waals surface area contributed by atoms with Crippen LogP contribution in [0.3, 0.4) is 0 Å². The van der Waals surface area contributed by atoms with Crippen LogP contribution in [0, 0.1) is 0 Å². The molecule has 11 nitrogen and oxygen atoms in total. The van der Waals surface area contributed by atoms with Crippen molar-refractivity contribution in [3.8, 4) is 0 Å². The Balaban J connectivity index is 2.58. The molecule has 6 atom stereocenters. The average molecular weight is 401 g/mol. The Labute approximate surface area is 152 Å². The first-order valence-electron chi connectivity index (χ1n) is 8.07. The van der Waals surface area contributed by atoms with E-state index in [2.05, 4.69) is 9.84 Å². The molecule has 4 N–H and O–H groups in total. The number of carbonyl (C=O) groups is 1. The second kappa shape index (κ2) is 11.3. The molecule has 0 aromatic heterocycles. The zero-order chi connectivity index (χ0) is 19.7. The quantitative estimate of drug-likeness (QED) is 0.236. The van der Waals surface area contributed by atoms with E-state index in [0.717, 1.165) is 6.66 Å². The number of aliphatic hydroxyl groups is 2. The van der Waals surface area contributed by atoms with E-state index < -0.39 is 44.1 Å². The minimum absolute atomic E-state index is 0.00854. The molecule has 26 heavy (non-hydrogen) atoms. The number of hydrogen-bond donors (Lipinski definition) is 4. The molecule has 0 spiro atoms. The van der Waals surface area contributed by atoms with Crippen molar-refractivity contribution in [1.82, 2.24) is 5.32 Å². The van der Waals surface area contributed by atoms with E-state index >= 15 is 0 Å². The zero-order valence-electron chi connectivity index (χ0n) is 15.1. The topological polar surface area (TPSA) is 153 Å². The summed E-state index contributed by atoms with van der Waals surface area (Å²) in [6.45, 7) is 2.53. The Bertz CT molecular complexity index is 473. The molecular formula is C14H28NO10P. The first kappa shape index (κ1) is 23.4. The third-order valence-corrected chi connectivity index (χ3v) is 4.14. The van der Waals surface area contributed by atoms with Crippen LogP contribution in [0.1, 0.15) is 6.92 Å². The fourth-order valence-electron chi connectivity index (χ4n) is 2.31. The van der Waals surface area contributed by atoms with Crippen molar-refractivity contribution in [3.05, 3.63) is 0 Å². The van der Waals surface area contributed by atoms with E-state index in [0.29, 0.717) is 0 Å². The van der Waals surface area contributed by atoms with Gasteiger partial charge in [-0.1, -0.05) is 0 Å². The predicted octanol–water partition coefficient (Wildman–Crippen LogP) is -1.55. The SMILES string of the molecule is COCCOC1OC(COCCOP(C)(=O)O)C(O)C(O)C1NC(C)=O. The van der Waals surface area contributed by atoms with Crippen molar-refractivity contribution in [2.45, 2.75) is 37.6 Å². The largest absolute Gasteiger partial charge is 0.388 e. The molecule has 1 rings (SSSR count). The van der Waals surface area contributed by atoms with Gasteiger partial charge in [0.2, 0.25) is 5.91 Å². The Hall–Kier alpha value is -0.620. The summed E-state index contributed by atoms with van der Waals surface area (Å²) < 4.78 is 36.9. The third kappa shape index (κ3) is 8.38. The fourth-order valence-corrected chi connectivity index (χ4v) is 2.73. The number of carbonyl (C=O) groups excluding carboxylic acids is 1. The highest BCUT2D eigenvalue weighted by molar-refractivity contribution is 7.51. The predicted molar refractivity (Wildman–Crippen MR) is 88.6 cm³/mol. The van der Waals surface area contributed by atoms with Gasteiger partial charge in [0.1, 0.15) is 24.4 Å². The van der Waals surface area contributed by atoms with Crippen LogP contribution in [-0.4, -0.2) is 98.5 Å². The number of methoxy groups -OCH3 is 1. The molecule has 6 unspecified atom stereocenters. The Morgan fingerprint density at radius 2 is 1.88 bits per heavy atom. The lowest BCUT2D eigenvalue weighted by atomic mass is 9.97. The molecule has 0 radical (unpaired) electrons. The van der Waals surface area contributed by atoms with E-state index in [1.54, 1.807) is 0 Å². The summed E-state index contributed by atoms with van der Waals surface area (Å²) in [6, 6.07) is -0.959. The molecule has 1 heterocycles. The van der Waals surface area contributed by atoms with Crippen LogP contribution in [-0.2, 0) is 32.8 Å². The van der Waals surface area contributed by atoms with Gasteiger partial charge in [-0.15, -0.1) is 0 Å². The number of rotatable bonds is 11. The standard InChI is InChI=1S/C14H28NO10P/c1-9(16)15-11-13(18)12(17)10(25-14(11)23-6-4-21-2)8-22-5-7-24-26(3,19)20/h10-14,17-18H,4-8H2,1-3H3,(H,15,16)(H,19,20). The van der Waals surface area contributed by atoms with Gasteiger partial charge in [-0.3, -0.25) is 9.36 Å². The molecule has 12 heteroatoms. The molecule has 1 saturated heterocycles. The van der Waals surface area contributed by atoms with Crippen LogP contribution in [0.2, 0.25) is 0 Å². The molecule has 0 aromatic rings. The van der Waals surface area contributed by atoms with E-state index in [1.165, 1.54) is 14.0 Å². The molecule has 1 aliphatic heterocycles. The van der Waals surface area contributed by atoms with Gasteiger partial charge >= 0.3 is 7.60 Å². The van der Waals surface area contributed by atoms with Gasteiger partial charge in [0.15, 0.2) is 6.29 Å². The van der Waals surface area contributed by atoms with E-state index in [-0.39, 0.29) is 33.0 Å². The number of hydrogen-bond acceptors (Lipinski definition) is 9. The minimum atomic E-state index is -3.58.